The van der Waals surface area contributed by atoms with Gasteiger partial charge in [-0.25, -0.2) is 0 Å². The van der Waals surface area contributed by atoms with Gasteiger partial charge in [-0.05, 0) is 32.4 Å². The molecule has 1 aromatic carbocycles. The molecule has 0 bridgehead atoms. The minimum atomic E-state index is -0.213. The molecular formula is C16H21N3O3S. The number of ether oxygens (including phenoxy) is 1. The summed E-state index contributed by atoms with van der Waals surface area (Å²) in [6.45, 7) is 6.01. The molecule has 0 radical (unpaired) electrons. The molecule has 0 aliphatic carbocycles. The second kappa shape index (κ2) is 7.50. The summed E-state index contributed by atoms with van der Waals surface area (Å²) in [5.74, 6) is 1.21. The van der Waals surface area contributed by atoms with Gasteiger partial charge in [0.2, 0.25) is 5.91 Å². The van der Waals surface area contributed by atoms with Gasteiger partial charge in [0.15, 0.2) is 0 Å². The van der Waals surface area contributed by atoms with Crippen LogP contribution in [0.1, 0.15) is 27.2 Å². The van der Waals surface area contributed by atoms with Crippen LogP contribution in [0, 0.1) is 0 Å². The van der Waals surface area contributed by atoms with Crippen LogP contribution in [0.2, 0.25) is 0 Å². The van der Waals surface area contributed by atoms with E-state index >= 15 is 0 Å². The molecule has 1 amide bonds. The molecule has 1 N–H and O–H groups in total. The Morgan fingerprint density at radius 1 is 1.35 bits per heavy atom. The highest BCUT2D eigenvalue weighted by atomic mass is 32.2. The zero-order valence-electron chi connectivity index (χ0n) is 13.8. The molecule has 0 fully saturated rings. The molecule has 23 heavy (non-hydrogen) atoms. The summed E-state index contributed by atoms with van der Waals surface area (Å²) < 4.78 is 10.9. The van der Waals surface area contributed by atoms with Gasteiger partial charge in [-0.3, -0.25) is 4.79 Å². The van der Waals surface area contributed by atoms with Crippen molar-refractivity contribution < 1.29 is 13.9 Å². The number of para-hydroxylation sites is 1. The highest BCUT2D eigenvalue weighted by Crippen LogP contribution is 2.30. The van der Waals surface area contributed by atoms with E-state index in [1.54, 1.807) is 7.11 Å². The number of aromatic nitrogens is 2. The monoisotopic (exact) mass is 335 g/mol. The minimum absolute atomic E-state index is 0.0566. The van der Waals surface area contributed by atoms with Crippen molar-refractivity contribution in [3.63, 3.8) is 0 Å². The molecule has 0 spiro atoms. The molecule has 0 saturated carbocycles. The summed E-state index contributed by atoms with van der Waals surface area (Å²) in [4.78, 5) is 11.9. The zero-order valence-corrected chi connectivity index (χ0v) is 14.6. The second-order valence-electron chi connectivity index (χ2n) is 5.65. The van der Waals surface area contributed by atoms with Gasteiger partial charge in [-0.2, -0.15) is 0 Å². The molecular weight excluding hydrogens is 314 g/mol. The second-order valence-corrected chi connectivity index (χ2v) is 6.57. The lowest BCUT2D eigenvalue weighted by atomic mass is 10.0. The molecule has 0 unspecified atom stereocenters. The van der Waals surface area contributed by atoms with Crippen LogP contribution in [-0.2, 0) is 4.79 Å². The summed E-state index contributed by atoms with van der Waals surface area (Å²) in [5, 5.41) is 11.3. The van der Waals surface area contributed by atoms with Crippen LogP contribution in [0.3, 0.4) is 0 Å². The van der Waals surface area contributed by atoms with E-state index in [0.29, 0.717) is 16.9 Å². The fourth-order valence-corrected chi connectivity index (χ4v) is 2.39. The van der Waals surface area contributed by atoms with Crippen molar-refractivity contribution in [3.05, 3.63) is 24.3 Å². The third-order valence-electron chi connectivity index (χ3n) is 3.43. The van der Waals surface area contributed by atoms with Crippen molar-refractivity contribution in [2.75, 3.05) is 12.9 Å². The van der Waals surface area contributed by atoms with Crippen molar-refractivity contribution in [1.82, 2.24) is 15.5 Å². The Labute approximate surface area is 140 Å². The number of carbonyl (C=O) groups excluding carboxylic acids is 1. The highest BCUT2D eigenvalue weighted by molar-refractivity contribution is 7.99. The van der Waals surface area contributed by atoms with Gasteiger partial charge < -0.3 is 14.5 Å². The molecule has 2 rings (SSSR count). The van der Waals surface area contributed by atoms with Gasteiger partial charge in [0, 0.05) is 5.54 Å². The topological polar surface area (TPSA) is 77.2 Å². The number of thioether (sulfide) groups is 1. The number of rotatable bonds is 7. The van der Waals surface area contributed by atoms with E-state index in [-0.39, 0.29) is 17.2 Å². The van der Waals surface area contributed by atoms with Crippen LogP contribution in [0.5, 0.6) is 5.75 Å². The van der Waals surface area contributed by atoms with E-state index in [9.17, 15) is 4.79 Å². The quantitative estimate of drug-likeness (QED) is 0.783. The predicted octanol–water partition coefficient (Wildman–Crippen LogP) is 3.14. The lowest BCUT2D eigenvalue weighted by molar-refractivity contribution is -0.120. The first-order chi connectivity index (χ1) is 10.9. The third kappa shape index (κ3) is 4.72. The zero-order chi connectivity index (χ0) is 16.9. The van der Waals surface area contributed by atoms with Gasteiger partial charge in [0.1, 0.15) is 5.75 Å². The largest absolute Gasteiger partial charge is 0.496 e. The van der Waals surface area contributed by atoms with Crippen molar-refractivity contribution in [2.45, 2.75) is 38.0 Å². The number of amides is 1. The van der Waals surface area contributed by atoms with Crippen molar-refractivity contribution in [1.29, 1.82) is 0 Å². The Hall–Kier alpha value is -2.02. The normalized spacial score (nSPS) is 11.3. The fraction of sp³-hybridized carbons (Fsp3) is 0.438. The Kier molecular flexibility index (Phi) is 5.65. The summed E-state index contributed by atoms with van der Waals surface area (Å²) in [6.07, 6.45) is 0.863. The fourth-order valence-electron chi connectivity index (χ4n) is 1.83. The molecule has 1 heterocycles. The van der Waals surface area contributed by atoms with E-state index in [1.807, 2.05) is 45.0 Å². The number of nitrogens with zero attached hydrogens (tertiary/aromatic N) is 2. The standard InChI is InChI=1S/C16H21N3O3S/c1-5-16(2,3)17-13(20)10-23-15-19-18-14(22-15)11-8-6-7-9-12(11)21-4/h6-9H,5,10H2,1-4H3,(H,17,20). The summed E-state index contributed by atoms with van der Waals surface area (Å²) in [5.41, 5.74) is 0.514. The average molecular weight is 335 g/mol. The van der Waals surface area contributed by atoms with E-state index < -0.39 is 0 Å². The molecule has 0 saturated heterocycles. The lowest BCUT2D eigenvalue weighted by Crippen LogP contribution is -2.43. The molecule has 124 valence electrons. The number of hydrogen-bond acceptors (Lipinski definition) is 6. The van der Waals surface area contributed by atoms with Crippen molar-refractivity contribution in [3.8, 4) is 17.2 Å². The third-order valence-corrected chi connectivity index (χ3v) is 4.25. The number of carbonyl (C=O) groups is 1. The van der Waals surface area contributed by atoms with E-state index in [4.69, 9.17) is 9.15 Å². The van der Waals surface area contributed by atoms with Crippen molar-refractivity contribution in [2.24, 2.45) is 0 Å². The Morgan fingerprint density at radius 2 is 2.09 bits per heavy atom. The maximum Gasteiger partial charge on any atom is 0.277 e. The summed E-state index contributed by atoms with van der Waals surface area (Å²) in [6, 6.07) is 7.41. The molecule has 0 aliphatic heterocycles. The van der Waals surface area contributed by atoms with E-state index in [1.165, 1.54) is 11.8 Å². The SMILES string of the molecule is CCC(C)(C)NC(=O)CSc1nnc(-c2ccccc2OC)o1. The van der Waals surface area contributed by atoms with Gasteiger partial charge in [-0.1, -0.05) is 30.8 Å². The first kappa shape index (κ1) is 17.3. The van der Waals surface area contributed by atoms with Crippen LogP contribution in [-0.4, -0.2) is 34.5 Å². The maximum atomic E-state index is 11.9. The van der Waals surface area contributed by atoms with Crippen LogP contribution in [0.25, 0.3) is 11.5 Å². The van der Waals surface area contributed by atoms with Gasteiger partial charge in [0.25, 0.3) is 11.1 Å². The van der Waals surface area contributed by atoms with Crippen molar-refractivity contribution >= 4 is 17.7 Å². The average Bonchev–Trinajstić information content (AvgIpc) is 3.01. The Morgan fingerprint density at radius 3 is 2.78 bits per heavy atom. The Bertz CT molecular complexity index is 670. The first-order valence-electron chi connectivity index (χ1n) is 7.36. The molecule has 1 aromatic heterocycles. The van der Waals surface area contributed by atoms with Gasteiger partial charge in [0.05, 0.1) is 18.4 Å². The maximum absolute atomic E-state index is 11.9. The Balaban J connectivity index is 1.99. The molecule has 6 nitrogen and oxygen atoms in total. The van der Waals surface area contributed by atoms with Crippen LogP contribution in [0.4, 0.5) is 0 Å². The molecule has 7 heteroatoms. The number of hydrogen-bond donors (Lipinski definition) is 1. The lowest BCUT2D eigenvalue weighted by Gasteiger charge is -2.24. The predicted molar refractivity (Wildman–Crippen MR) is 89.5 cm³/mol. The molecule has 0 aliphatic rings. The van der Waals surface area contributed by atoms with Crippen LogP contribution < -0.4 is 10.1 Å². The van der Waals surface area contributed by atoms with Crippen LogP contribution >= 0.6 is 11.8 Å². The van der Waals surface area contributed by atoms with Crippen LogP contribution in [0.15, 0.2) is 33.9 Å². The van der Waals surface area contributed by atoms with E-state index in [0.717, 1.165) is 12.0 Å². The highest BCUT2D eigenvalue weighted by Gasteiger charge is 2.19. The van der Waals surface area contributed by atoms with Gasteiger partial charge in [-0.15, -0.1) is 10.2 Å². The van der Waals surface area contributed by atoms with Gasteiger partial charge >= 0.3 is 0 Å². The summed E-state index contributed by atoms with van der Waals surface area (Å²) in [7, 11) is 1.59. The molecule has 2 aromatic rings. The van der Waals surface area contributed by atoms with E-state index in [2.05, 4.69) is 15.5 Å². The molecule has 0 atom stereocenters. The summed E-state index contributed by atoms with van der Waals surface area (Å²) >= 11 is 1.22. The number of nitrogens with one attached hydrogen (secondary N) is 1. The number of methoxy groups -OCH3 is 1. The minimum Gasteiger partial charge on any atom is -0.496 e. The smallest absolute Gasteiger partial charge is 0.277 e. The number of benzene rings is 1. The first-order valence-corrected chi connectivity index (χ1v) is 8.34.